The zero-order valence-electron chi connectivity index (χ0n) is 12.9. The summed E-state index contributed by atoms with van der Waals surface area (Å²) in [5, 5.41) is 13.3. The Morgan fingerprint density at radius 3 is 2.71 bits per heavy atom. The lowest BCUT2D eigenvalue weighted by Gasteiger charge is -2.09. The zero-order valence-corrected chi connectivity index (χ0v) is 13.7. The topological polar surface area (TPSA) is 84.2 Å². The van der Waals surface area contributed by atoms with Gasteiger partial charge >= 0.3 is 0 Å². The third-order valence-corrected chi connectivity index (χ3v) is 4.48. The molecular formula is C17H15N3O3S. The first kappa shape index (κ1) is 16.1. The smallest absolute Gasteiger partial charge is 0.261 e. The molecule has 0 bridgehead atoms. The lowest BCUT2D eigenvalue weighted by atomic mass is 10.2. The van der Waals surface area contributed by atoms with E-state index in [1.54, 1.807) is 43.4 Å². The molecule has 2 aromatic carbocycles. The number of amides is 1. The van der Waals surface area contributed by atoms with Crippen molar-refractivity contribution >= 4 is 34.3 Å². The van der Waals surface area contributed by atoms with Gasteiger partial charge in [0.2, 0.25) is 5.91 Å². The number of hydrogen-bond donors (Lipinski definition) is 2. The Balaban J connectivity index is 1.76. The van der Waals surface area contributed by atoms with Crippen molar-refractivity contribution in [3.63, 3.8) is 0 Å². The summed E-state index contributed by atoms with van der Waals surface area (Å²) in [4.78, 5) is 28.8. The molecule has 0 fully saturated rings. The molecule has 1 amide bonds. The number of benzene rings is 2. The quantitative estimate of drug-likeness (QED) is 0.432. The van der Waals surface area contributed by atoms with Crippen LogP contribution in [0.15, 0.2) is 58.5 Å². The highest BCUT2D eigenvalue weighted by Crippen LogP contribution is 2.22. The van der Waals surface area contributed by atoms with E-state index in [4.69, 9.17) is 0 Å². The summed E-state index contributed by atoms with van der Waals surface area (Å²) >= 11 is 1.17. The standard InChI is InChI=1S/C17H15N3O3S/c1-20-16(23)11-6-2-3-7-12(11)19-17(20)24-10-15(22)18-13-8-4-5-9-14(13)21/h2-9,21H,10H2,1H3,(H,18,22). The van der Waals surface area contributed by atoms with E-state index >= 15 is 0 Å². The van der Waals surface area contributed by atoms with Gasteiger partial charge in [-0.15, -0.1) is 0 Å². The highest BCUT2D eigenvalue weighted by atomic mass is 32.2. The minimum Gasteiger partial charge on any atom is -0.506 e. The predicted octanol–water partition coefficient (Wildman–Crippen LogP) is 2.37. The molecule has 122 valence electrons. The summed E-state index contributed by atoms with van der Waals surface area (Å²) in [6, 6.07) is 13.6. The van der Waals surface area contributed by atoms with Crippen molar-refractivity contribution in [2.75, 3.05) is 11.1 Å². The molecule has 0 radical (unpaired) electrons. The third-order valence-electron chi connectivity index (χ3n) is 3.45. The van der Waals surface area contributed by atoms with Gasteiger partial charge in [0.15, 0.2) is 5.16 Å². The second kappa shape index (κ2) is 6.76. The number of thioether (sulfide) groups is 1. The molecule has 3 rings (SSSR count). The van der Waals surface area contributed by atoms with Crippen molar-refractivity contribution in [2.24, 2.45) is 7.05 Å². The maximum atomic E-state index is 12.3. The maximum absolute atomic E-state index is 12.3. The number of carbonyl (C=O) groups is 1. The summed E-state index contributed by atoms with van der Waals surface area (Å²) in [5.74, 6) is -0.205. The molecule has 0 aliphatic heterocycles. The van der Waals surface area contributed by atoms with Crippen molar-refractivity contribution < 1.29 is 9.90 Å². The van der Waals surface area contributed by atoms with E-state index in [1.807, 2.05) is 6.07 Å². The number of para-hydroxylation sites is 3. The number of nitrogens with zero attached hydrogens (tertiary/aromatic N) is 2. The van der Waals surface area contributed by atoms with Crippen LogP contribution in [0.3, 0.4) is 0 Å². The van der Waals surface area contributed by atoms with Crippen LogP contribution in [-0.4, -0.2) is 26.3 Å². The Morgan fingerprint density at radius 2 is 1.92 bits per heavy atom. The van der Waals surface area contributed by atoms with Crippen LogP contribution in [0.1, 0.15) is 0 Å². The summed E-state index contributed by atoms with van der Waals surface area (Å²) in [6.07, 6.45) is 0. The summed E-state index contributed by atoms with van der Waals surface area (Å²) in [6.45, 7) is 0. The zero-order chi connectivity index (χ0) is 17.1. The number of nitrogens with one attached hydrogen (secondary N) is 1. The molecular weight excluding hydrogens is 326 g/mol. The predicted molar refractivity (Wildman–Crippen MR) is 94.4 cm³/mol. The molecule has 0 spiro atoms. The van der Waals surface area contributed by atoms with Crippen LogP contribution in [0.2, 0.25) is 0 Å². The molecule has 0 aliphatic rings. The van der Waals surface area contributed by atoms with E-state index in [0.717, 1.165) is 0 Å². The number of rotatable bonds is 4. The number of fused-ring (bicyclic) bond motifs is 1. The van der Waals surface area contributed by atoms with Crippen LogP contribution >= 0.6 is 11.8 Å². The molecule has 7 heteroatoms. The van der Waals surface area contributed by atoms with Gasteiger partial charge in [-0.05, 0) is 24.3 Å². The van der Waals surface area contributed by atoms with Crippen molar-refractivity contribution in [3.8, 4) is 5.75 Å². The highest BCUT2D eigenvalue weighted by Gasteiger charge is 2.11. The van der Waals surface area contributed by atoms with Gasteiger partial charge in [0, 0.05) is 7.05 Å². The van der Waals surface area contributed by atoms with Crippen LogP contribution in [-0.2, 0) is 11.8 Å². The highest BCUT2D eigenvalue weighted by molar-refractivity contribution is 7.99. The molecule has 2 N–H and O–H groups in total. The molecule has 3 aromatic rings. The Bertz CT molecular complexity index is 969. The molecule has 0 saturated heterocycles. The van der Waals surface area contributed by atoms with Gasteiger partial charge in [0.25, 0.3) is 5.56 Å². The van der Waals surface area contributed by atoms with Gasteiger partial charge in [0.1, 0.15) is 5.75 Å². The fourth-order valence-corrected chi connectivity index (χ4v) is 2.99. The summed E-state index contributed by atoms with van der Waals surface area (Å²) in [7, 11) is 1.63. The van der Waals surface area contributed by atoms with Crippen molar-refractivity contribution in [2.45, 2.75) is 5.16 Å². The first-order valence-electron chi connectivity index (χ1n) is 7.22. The number of phenolic OH excluding ortho intramolecular Hbond substituents is 1. The Labute approximate surface area is 142 Å². The van der Waals surface area contributed by atoms with Gasteiger partial charge < -0.3 is 10.4 Å². The van der Waals surface area contributed by atoms with Crippen LogP contribution in [0, 0.1) is 0 Å². The monoisotopic (exact) mass is 341 g/mol. The summed E-state index contributed by atoms with van der Waals surface area (Å²) < 4.78 is 1.43. The molecule has 1 heterocycles. The molecule has 24 heavy (non-hydrogen) atoms. The molecule has 0 atom stereocenters. The Morgan fingerprint density at radius 1 is 1.21 bits per heavy atom. The van der Waals surface area contributed by atoms with Crippen molar-refractivity contribution in [3.05, 3.63) is 58.9 Å². The van der Waals surface area contributed by atoms with Crippen molar-refractivity contribution in [1.82, 2.24) is 9.55 Å². The number of aromatic hydroxyl groups is 1. The first-order valence-corrected chi connectivity index (χ1v) is 8.21. The normalized spacial score (nSPS) is 10.7. The van der Waals surface area contributed by atoms with E-state index < -0.39 is 0 Å². The second-order valence-corrected chi connectivity index (χ2v) is 6.07. The van der Waals surface area contributed by atoms with Gasteiger partial charge in [-0.1, -0.05) is 36.0 Å². The number of carbonyl (C=O) groups excluding carboxylic acids is 1. The van der Waals surface area contributed by atoms with Gasteiger partial charge in [-0.2, -0.15) is 0 Å². The lowest BCUT2D eigenvalue weighted by Crippen LogP contribution is -2.21. The van der Waals surface area contributed by atoms with E-state index in [1.165, 1.54) is 22.4 Å². The fourth-order valence-electron chi connectivity index (χ4n) is 2.22. The number of anilines is 1. The van der Waals surface area contributed by atoms with Crippen LogP contribution in [0.5, 0.6) is 5.75 Å². The van der Waals surface area contributed by atoms with E-state index in [-0.39, 0.29) is 23.0 Å². The van der Waals surface area contributed by atoms with Crippen LogP contribution in [0.25, 0.3) is 10.9 Å². The summed E-state index contributed by atoms with van der Waals surface area (Å²) in [5.41, 5.74) is 0.803. The largest absolute Gasteiger partial charge is 0.506 e. The SMILES string of the molecule is Cn1c(SCC(=O)Nc2ccccc2O)nc2ccccc2c1=O. The Kier molecular flexibility index (Phi) is 4.52. The second-order valence-electron chi connectivity index (χ2n) is 5.13. The molecule has 6 nitrogen and oxygen atoms in total. The van der Waals surface area contributed by atoms with E-state index in [2.05, 4.69) is 10.3 Å². The fraction of sp³-hybridized carbons (Fsp3) is 0.118. The minimum atomic E-state index is -0.288. The molecule has 0 saturated carbocycles. The van der Waals surface area contributed by atoms with Crippen molar-refractivity contribution in [1.29, 1.82) is 0 Å². The van der Waals surface area contributed by atoms with Crippen LogP contribution in [0.4, 0.5) is 5.69 Å². The number of aromatic nitrogens is 2. The minimum absolute atomic E-state index is 0.00656. The third kappa shape index (κ3) is 3.26. The van der Waals surface area contributed by atoms with E-state index in [0.29, 0.717) is 21.7 Å². The molecule has 0 aliphatic carbocycles. The van der Waals surface area contributed by atoms with Gasteiger partial charge in [0.05, 0.1) is 22.3 Å². The number of phenols is 1. The maximum Gasteiger partial charge on any atom is 0.261 e. The molecule has 1 aromatic heterocycles. The van der Waals surface area contributed by atoms with Gasteiger partial charge in [-0.25, -0.2) is 4.98 Å². The lowest BCUT2D eigenvalue weighted by molar-refractivity contribution is -0.113. The average molecular weight is 341 g/mol. The van der Waals surface area contributed by atoms with E-state index in [9.17, 15) is 14.7 Å². The van der Waals surface area contributed by atoms with Gasteiger partial charge in [-0.3, -0.25) is 14.2 Å². The van der Waals surface area contributed by atoms with Crippen LogP contribution < -0.4 is 10.9 Å². The molecule has 0 unspecified atom stereocenters. The first-order chi connectivity index (χ1) is 11.6. The Hall–Kier alpha value is -2.80. The average Bonchev–Trinajstić information content (AvgIpc) is 2.59. The number of hydrogen-bond acceptors (Lipinski definition) is 5.